The van der Waals surface area contributed by atoms with Gasteiger partial charge in [0.15, 0.2) is 5.82 Å². The zero-order valence-corrected chi connectivity index (χ0v) is 15.9. The Bertz CT molecular complexity index is 1370. The van der Waals surface area contributed by atoms with E-state index in [0.29, 0.717) is 16.3 Å². The highest BCUT2D eigenvalue weighted by Gasteiger charge is 2.26. The molecule has 2 aromatic carbocycles. The van der Waals surface area contributed by atoms with Crippen molar-refractivity contribution in [1.29, 1.82) is 5.26 Å². The summed E-state index contributed by atoms with van der Waals surface area (Å²) in [5, 5.41) is 21.9. The maximum absolute atomic E-state index is 9.57. The van der Waals surface area contributed by atoms with Crippen molar-refractivity contribution >= 4 is 32.4 Å². The molecule has 7 nitrogen and oxygen atoms in total. The van der Waals surface area contributed by atoms with E-state index in [2.05, 4.69) is 16.3 Å². The van der Waals surface area contributed by atoms with Crippen molar-refractivity contribution < 1.29 is 0 Å². The molecule has 0 amide bonds. The molecule has 0 aliphatic heterocycles. The Morgan fingerprint density at radius 2 is 1.69 bits per heavy atom. The van der Waals surface area contributed by atoms with Crippen LogP contribution >= 0.6 is 11.3 Å². The molecule has 0 bridgehead atoms. The summed E-state index contributed by atoms with van der Waals surface area (Å²) in [5.74, 6) is 0.148. The average Bonchev–Trinajstić information content (AvgIpc) is 3.40. The molecular weight excluding hydrogens is 382 g/mol. The van der Waals surface area contributed by atoms with Crippen LogP contribution < -0.4 is 11.5 Å². The number of hydrogen-bond donors (Lipinski definition) is 3. The number of nitrogens with zero attached hydrogens (tertiary/aromatic N) is 4. The van der Waals surface area contributed by atoms with Crippen LogP contribution in [0.5, 0.6) is 0 Å². The summed E-state index contributed by atoms with van der Waals surface area (Å²) in [6.07, 6.45) is 0. The molecule has 0 aliphatic rings. The van der Waals surface area contributed by atoms with Gasteiger partial charge in [-0.1, -0.05) is 48.5 Å². The molecule has 0 aliphatic carbocycles. The smallest absolute Gasteiger partial charge is 0.163 e. The lowest BCUT2D eigenvalue weighted by Crippen LogP contribution is -1.98. The van der Waals surface area contributed by atoms with Crippen LogP contribution in [0.3, 0.4) is 0 Å². The third kappa shape index (κ3) is 2.56. The minimum atomic E-state index is 0.148. The number of hydrogen-bond acceptors (Lipinski definition) is 6. The van der Waals surface area contributed by atoms with E-state index >= 15 is 0 Å². The van der Waals surface area contributed by atoms with Gasteiger partial charge in [0.05, 0.1) is 32.2 Å². The molecule has 8 heteroatoms. The van der Waals surface area contributed by atoms with Crippen molar-refractivity contribution in [2.24, 2.45) is 0 Å². The molecule has 5 aromatic rings. The van der Waals surface area contributed by atoms with Gasteiger partial charge >= 0.3 is 0 Å². The number of fused-ring (bicyclic) bond motifs is 1. The van der Waals surface area contributed by atoms with Crippen LogP contribution in [-0.2, 0) is 0 Å². The van der Waals surface area contributed by atoms with Crippen molar-refractivity contribution in [2.75, 3.05) is 11.5 Å². The van der Waals surface area contributed by atoms with Gasteiger partial charge in [-0.05, 0) is 12.1 Å². The van der Waals surface area contributed by atoms with Gasteiger partial charge in [0.25, 0.3) is 0 Å². The van der Waals surface area contributed by atoms with Crippen molar-refractivity contribution in [3.05, 3.63) is 66.2 Å². The number of aromatic nitrogens is 4. The van der Waals surface area contributed by atoms with Gasteiger partial charge in [-0.25, -0.2) is 4.68 Å². The topological polar surface area (TPSA) is 122 Å². The largest absolute Gasteiger partial charge is 0.390 e. The number of nitriles is 1. The summed E-state index contributed by atoms with van der Waals surface area (Å²) in [5.41, 5.74) is 17.3. The fourth-order valence-electron chi connectivity index (χ4n) is 3.43. The Morgan fingerprint density at radius 3 is 2.38 bits per heavy atom. The first-order valence-electron chi connectivity index (χ1n) is 8.85. The summed E-state index contributed by atoms with van der Waals surface area (Å²) in [6, 6.07) is 21.9. The van der Waals surface area contributed by atoms with Gasteiger partial charge in [-0.3, -0.25) is 5.10 Å². The van der Waals surface area contributed by atoms with Gasteiger partial charge in [0.1, 0.15) is 17.3 Å². The van der Waals surface area contributed by atoms with E-state index in [1.807, 2.05) is 65.3 Å². The molecular formula is C21H15N7S. The molecule has 0 spiro atoms. The Balaban J connectivity index is 1.90. The monoisotopic (exact) mass is 397 g/mol. The number of nitrogens with one attached hydrogen (secondary N) is 1. The number of nitrogens with two attached hydrogens (primary N) is 2. The Morgan fingerprint density at radius 1 is 1.00 bits per heavy atom. The van der Waals surface area contributed by atoms with Gasteiger partial charge in [0.2, 0.25) is 0 Å². The van der Waals surface area contributed by atoms with Gasteiger partial charge in [-0.15, -0.1) is 11.3 Å². The first-order valence-corrected chi connectivity index (χ1v) is 9.67. The minimum Gasteiger partial charge on any atom is -0.390 e. The molecule has 0 fully saturated rings. The van der Waals surface area contributed by atoms with E-state index in [4.69, 9.17) is 16.6 Å². The predicted molar refractivity (Wildman–Crippen MR) is 116 cm³/mol. The highest BCUT2D eigenvalue weighted by molar-refractivity contribution is 7.24. The van der Waals surface area contributed by atoms with Crippen LogP contribution in [0.4, 0.5) is 10.8 Å². The van der Waals surface area contributed by atoms with E-state index < -0.39 is 0 Å². The van der Waals surface area contributed by atoms with E-state index in [1.165, 1.54) is 11.3 Å². The summed E-state index contributed by atoms with van der Waals surface area (Å²) in [6.45, 7) is 0. The highest BCUT2D eigenvalue weighted by atomic mass is 32.1. The standard InChI is InChI=1S/C21H15N7S/c22-11-14-17(25-26-20(14)23)15-18-19(29-21(15)24)16(12-7-3-1-4-8-12)27-28(18)13-9-5-2-6-10-13/h1-10H,24H2,(H3,23,25,26). The number of rotatable bonds is 3. The molecule has 0 saturated carbocycles. The van der Waals surface area contributed by atoms with Gasteiger partial charge in [0, 0.05) is 5.56 Å². The molecule has 5 N–H and O–H groups in total. The lowest BCUT2D eigenvalue weighted by atomic mass is 10.1. The van der Waals surface area contributed by atoms with E-state index in [1.54, 1.807) is 0 Å². The van der Waals surface area contributed by atoms with Crippen LogP contribution in [0.2, 0.25) is 0 Å². The second kappa shape index (κ2) is 6.51. The van der Waals surface area contributed by atoms with Crippen molar-refractivity contribution in [3.8, 4) is 34.3 Å². The quantitative estimate of drug-likeness (QED) is 0.421. The fourth-order valence-corrected chi connectivity index (χ4v) is 4.49. The van der Waals surface area contributed by atoms with E-state index in [-0.39, 0.29) is 11.4 Å². The Labute approximate surface area is 169 Å². The Hall–Kier alpha value is -4.09. The molecule has 3 heterocycles. The maximum Gasteiger partial charge on any atom is 0.163 e. The van der Waals surface area contributed by atoms with Crippen LogP contribution in [0.15, 0.2) is 60.7 Å². The molecule has 140 valence electrons. The maximum atomic E-state index is 9.57. The summed E-state index contributed by atoms with van der Waals surface area (Å²) < 4.78 is 2.79. The number of anilines is 2. The van der Waals surface area contributed by atoms with Crippen molar-refractivity contribution in [3.63, 3.8) is 0 Å². The molecule has 29 heavy (non-hydrogen) atoms. The van der Waals surface area contributed by atoms with Crippen LogP contribution in [-0.4, -0.2) is 20.0 Å². The number of thiophene rings is 1. The van der Waals surface area contributed by atoms with E-state index in [0.717, 1.165) is 27.2 Å². The first-order chi connectivity index (χ1) is 14.2. The zero-order valence-electron chi connectivity index (χ0n) is 15.1. The fraction of sp³-hybridized carbons (Fsp3) is 0. The third-order valence-electron chi connectivity index (χ3n) is 4.74. The van der Waals surface area contributed by atoms with Gasteiger partial charge in [-0.2, -0.15) is 15.5 Å². The predicted octanol–water partition coefficient (Wildman–Crippen LogP) is 4.18. The summed E-state index contributed by atoms with van der Waals surface area (Å²) >= 11 is 1.44. The molecule has 0 radical (unpaired) electrons. The zero-order chi connectivity index (χ0) is 20.0. The lowest BCUT2D eigenvalue weighted by Gasteiger charge is -2.05. The molecule has 0 unspecified atom stereocenters. The molecule has 3 aromatic heterocycles. The van der Waals surface area contributed by atoms with Crippen molar-refractivity contribution in [2.45, 2.75) is 0 Å². The second-order valence-electron chi connectivity index (χ2n) is 6.45. The average molecular weight is 397 g/mol. The number of benzene rings is 2. The second-order valence-corrected chi connectivity index (χ2v) is 7.50. The molecule has 0 saturated heterocycles. The van der Waals surface area contributed by atoms with Crippen LogP contribution in [0.25, 0.3) is 38.4 Å². The summed E-state index contributed by atoms with van der Waals surface area (Å²) in [7, 11) is 0. The summed E-state index contributed by atoms with van der Waals surface area (Å²) in [4.78, 5) is 0. The number of aromatic amines is 1. The number of para-hydroxylation sites is 1. The minimum absolute atomic E-state index is 0.148. The molecule has 0 atom stereocenters. The van der Waals surface area contributed by atoms with Gasteiger partial charge < -0.3 is 11.5 Å². The van der Waals surface area contributed by atoms with Crippen LogP contribution in [0.1, 0.15) is 5.56 Å². The number of nitrogen functional groups attached to an aromatic ring is 2. The SMILES string of the molecule is N#Cc1c(N)n[nH]c1-c1c(N)sc2c(-c3ccccc3)nn(-c3ccccc3)c12. The Kier molecular flexibility index (Phi) is 3.82. The first kappa shape index (κ1) is 17.0. The van der Waals surface area contributed by atoms with Crippen molar-refractivity contribution in [1.82, 2.24) is 20.0 Å². The normalized spacial score (nSPS) is 11.0. The lowest BCUT2D eigenvalue weighted by molar-refractivity contribution is 0.915. The van der Waals surface area contributed by atoms with Crippen LogP contribution in [0, 0.1) is 11.3 Å². The van der Waals surface area contributed by atoms with E-state index in [9.17, 15) is 5.26 Å². The third-order valence-corrected chi connectivity index (χ3v) is 5.76. The molecule has 5 rings (SSSR count). The number of H-pyrrole nitrogens is 1. The highest BCUT2D eigenvalue weighted by Crippen LogP contribution is 2.46.